The van der Waals surface area contributed by atoms with Gasteiger partial charge in [-0.25, -0.2) is 4.57 Å². The molecule has 3 N–H and O–H groups in total. The summed E-state index contributed by atoms with van der Waals surface area (Å²) in [6.07, 6.45) is 50.8. The van der Waals surface area contributed by atoms with Gasteiger partial charge in [0, 0.05) is 6.42 Å². The van der Waals surface area contributed by atoms with Crippen LogP contribution in [0, 0.1) is 0 Å². The van der Waals surface area contributed by atoms with Crippen molar-refractivity contribution in [3.63, 3.8) is 0 Å². The molecule has 0 rings (SSSR count). The minimum atomic E-state index is -4.35. The Kier molecular flexibility index (Phi) is 40.2. The number of amides is 1. The highest BCUT2D eigenvalue weighted by molar-refractivity contribution is 7.47. The average molecular weight is 840 g/mol. The van der Waals surface area contributed by atoms with Gasteiger partial charge in [0.05, 0.1) is 39.9 Å². The van der Waals surface area contributed by atoms with Crippen LogP contribution < -0.4 is 5.32 Å². The van der Waals surface area contributed by atoms with Crippen LogP contribution in [0.15, 0.2) is 36.5 Å². The molecule has 0 aromatic heterocycles. The topological polar surface area (TPSA) is 105 Å². The quantitative estimate of drug-likeness (QED) is 0.0244. The van der Waals surface area contributed by atoms with Gasteiger partial charge in [0.2, 0.25) is 5.91 Å². The number of unbranched alkanes of at least 4 members (excludes halogenated alkanes) is 27. The fourth-order valence-electron chi connectivity index (χ4n) is 6.96. The van der Waals surface area contributed by atoms with Crippen molar-refractivity contribution in [2.75, 3.05) is 40.9 Å². The average Bonchev–Trinajstić information content (AvgIpc) is 3.17. The maximum Gasteiger partial charge on any atom is 0.472 e. The molecule has 9 heteroatoms. The SMILES string of the molecule is CCCCCCCCCCCCC/C=C/CC/C=C/CC/C=C/C(O)C(COP(=O)(O)OCC[N+](C)(C)C)NC(=O)CCCCCCCCCCCCCCCCC. The fraction of sp³-hybridized carbons (Fsp3) is 0.857. The highest BCUT2D eigenvalue weighted by atomic mass is 31.2. The Balaban J connectivity index is 4.42. The van der Waals surface area contributed by atoms with Crippen LogP contribution in [0.25, 0.3) is 0 Å². The maximum absolute atomic E-state index is 12.9. The number of hydrogen-bond donors (Lipinski definition) is 3. The van der Waals surface area contributed by atoms with Crippen LogP contribution in [0.3, 0.4) is 0 Å². The second-order valence-corrected chi connectivity index (χ2v) is 19.3. The Morgan fingerprint density at radius 2 is 0.948 bits per heavy atom. The van der Waals surface area contributed by atoms with Crippen molar-refractivity contribution in [1.82, 2.24) is 5.32 Å². The summed E-state index contributed by atoms with van der Waals surface area (Å²) < 4.78 is 23.6. The molecule has 0 aliphatic heterocycles. The molecule has 0 aliphatic rings. The summed E-state index contributed by atoms with van der Waals surface area (Å²) in [6, 6.07) is -0.866. The summed E-state index contributed by atoms with van der Waals surface area (Å²) in [5.74, 6) is -0.190. The van der Waals surface area contributed by atoms with E-state index in [0.29, 0.717) is 17.4 Å². The van der Waals surface area contributed by atoms with Crippen LogP contribution in [0.5, 0.6) is 0 Å². The van der Waals surface area contributed by atoms with Crippen LogP contribution >= 0.6 is 7.82 Å². The lowest BCUT2D eigenvalue weighted by Gasteiger charge is -2.25. The molecule has 0 saturated carbocycles. The Bertz CT molecular complexity index is 1040. The standard InChI is InChI=1S/C49H95N2O6P/c1-6-8-10-12-14-16-18-20-22-23-24-25-26-27-29-30-32-34-36-38-40-42-48(52)47(46-57-58(54,55)56-45-44-51(3,4)5)50-49(53)43-41-39-37-35-33-31-28-21-19-17-15-13-11-9-7-2/h26-27,32,34,40,42,47-48,52H,6-25,28-31,33,35-39,41,43-46H2,1-5H3,(H-,50,53,54,55)/p+1/b27-26+,34-32+,42-40+. The summed E-state index contributed by atoms with van der Waals surface area (Å²) in [4.78, 5) is 23.1. The van der Waals surface area contributed by atoms with E-state index in [9.17, 15) is 19.4 Å². The van der Waals surface area contributed by atoms with Crippen LogP contribution in [0.1, 0.15) is 219 Å². The van der Waals surface area contributed by atoms with Gasteiger partial charge in [0.15, 0.2) is 0 Å². The third-order valence-corrected chi connectivity index (χ3v) is 11.8. The number of aliphatic hydroxyl groups is 1. The first-order valence-corrected chi connectivity index (χ1v) is 25.9. The lowest BCUT2D eigenvalue weighted by Crippen LogP contribution is -2.45. The number of rotatable bonds is 44. The molecule has 58 heavy (non-hydrogen) atoms. The minimum absolute atomic E-state index is 0.0548. The first kappa shape index (κ1) is 56.7. The largest absolute Gasteiger partial charge is 0.472 e. The number of carbonyl (C=O) groups is 1. The predicted octanol–water partition coefficient (Wildman–Crippen LogP) is 13.9. The third-order valence-electron chi connectivity index (χ3n) is 10.8. The molecule has 8 nitrogen and oxygen atoms in total. The number of carbonyl (C=O) groups excluding carboxylic acids is 1. The summed E-state index contributed by atoms with van der Waals surface area (Å²) in [5.41, 5.74) is 0. The lowest BCUT2D eigenvalue weighted by atomic mass is 10.0. The van der Waals surface area contributed by atoms with E-state index in [1.807, 2.05) is 27.2 Å². The summed E-state index contributed by atoms with van der Waals surface area (Å²) >= 11 is 0. The molecular weight excluding hydrogens is 744 g/mol. The van der Waals surface area contributed by atoms with E-state index >= 15 is 0 Å². The number of phosphoric acid groups is 1. The van der Waals surface area contributed by atoms with Crippen molar-refractivity contribution in [2.24, 2.45) is 0 Å². The van der Waals surface area contributed by atoms with Crippen molar-refractivity contribution in [3.8, 4) is 0 Å². The summed E-state index contributed by atoms with van der Waals surface area (Å²) in [5, 5.41) is 13.8. The van der Waals surface area contributed by atoms with Gasteiger partial charge in [-0.1, -0.05) is 204 Å². The number of phosphoric ester groups is 1. The predicted molar refractivity (Wildman–Crippen MR) is 249 cm³/mol. The molecule has 1 amide bonds. The van der Waals surface area contributed by atoms with Crippen LogP contribution in [-0.2, 0) is 18.4 Å². The van der Waals surface area contributed by atoms with Crippen molar-refractivity contribution in [1.29, 1.82) is 0 Å². The molecule has 0 spiro atoms. The smallest absolute Gasteiger partial charge is 0.387 e. The van der Waals surface area contributed by atoms with E-state index in [2.05, 4.69) is 43.5 Å². The Morgan fingerprint density at radius 1 is 0.569 bits per heavy atom. The first-order chi connectivity index (χ1) is 28.0. The van der Waals surface area contributed by atoms with Gasteiger partial charge in [0.25, 0.3) is 0 Å². The number of nitrogens with one attached hydrogen (secondary N) is 1. The molecule has 0 saturated heterocycles. The summed E-state index contributed by atoms with van der Waals surface area (Å²) in [7, 11) is 1.55. The molecule has 0 fully saturated rings. The monoisotopic (exact) mass is 840 g/mol. The zero-order chi connectivity index (χ0) is 42.8. The van der Waals surface area contributed by atoms with Gasteiger partial charge in [-0.15, -0.1) is 0 Å². The Labute approximate surface area is 359 Å². The molecule has 0 bridgehead atoms. The van der Waals surface area contributed by atoms with Crippen molar-refractivity contribution in [2.45, 2.75) is 231 Å². The molecule has 0 aromatic carbocycles. The molecule has 3 unspecified atom stereocenters. The van der Waals surface area contributed by atoms with Crippen molar-refractivity contribution < 1.29 is 32.9 Å². The van der Waals surface area contributed by atoms with Gasteiger partial charge in [-0.3, -0.25) is 13.8 Å². The van der Waals surface area contributed by atoms with Gasteiger partial charge >= 0.3 is 7.82 Å². The van der Waals surface area contributed by atoms with E-state index in [1.54, 1.807) is 6.08 Å². The van der Waals surface area contributed by atoms with E-state index < -0.39 is 20.0 Å². The maximum atomic E-state index is 12.9. The Morgan fingerprint density at radius 3 is 1.38 bits per heavy atom. The van der Waals surface area contributed by atoms with Crippen LogP contribution in [-0.4, -0.2) is 73.4 Å². The molecule has 0 aliphatic carbocycles. The fourth-order valence-corrected chi connectivity index (χ4v) is 7.69. The molecule has 3 atom stereocenters. The lowest BCUT2D eigenvalue weighted by molar-refractivity contribution is -0.870. The molecular formula is C49H96N2O6P+. The van der Waals surface area contributed by atoms with Gasteiger partial charge in [-0.2, -0.15) is 0 Å². The molecule has 342 valence electrons. The zero-order valence-electron chi connectivity index (χ0n) is 38.8. The van der Waals surface area contributed by atoms with Crippen molar-refractivity contribution in [3.05, 3.63) is 36.5 Å². The highest BCUT2D eigenvalue weighted by Gasteiger charge is 2.27. The first-order valence-electron chi connectivity index (χ1n) is 24.4. The number of allylic oxidation sites excluding steroid dienone is 5. The number of likely N-dealkylation sites (N-methyl/N-ethyl adjacent to an activating group) is 1. The molecule has 0 aromatic rings. The van der Waals surface area contributed by atoms with Crippen molar-refractivity contribution >= 4 is 13.7 Å². The minimum Gasteiger partial charge on any atom is -0.387 e. The van der Waals surface area contributed by atoms with Gasteiger partial charge in [-0.05, 0) is 44.9 Å². The number of hydrogen-bond acceptors (Lipinski definition) is 5. The number of aliphatic hydroxyl groups excluding tert-OH is 1. The molecule has 0 heterocycles. The summed E-state index contributed by atoms with van der Waals surface area (Å²) in [6.45, 7) is 4.80. The van der Waals surface area contributed by atoms with Crippen LogP contribution in [0.4, 0.5) is 0 Å². The Hall–Kier alpha value is -1.28. The van der Waals surface area contributed by atoms with E-state index in [0.717, 1.165) is 44.9 Å². The van der Waals surface area contributed by atoms with Gasteiger partial charge in [0.1, 0.15) is 13.2 Å². The second kappa shape index (κ2) is 41.1. The van der Waals surface area contributed by atoms with E-state index in [4.69, 9.17) is 9.05 Å². The van der Waals surface area contributed by atoms with E-state index in [1.165, 1.54) is 154 Å². The number of quaternary nitrogens is 1. The van der Waals surface area contributed by atoms with Gasteiger partial charge < -0.3 is 19.8 Å². The zero-order valence-corrected chi connectivity index (χ0v) is 39.7. The third kappa shape index (κ3) is 42.8. The number of nitrogens with zero attached hydrogens (tertiary/aromatic N) is 1. The van der Waals surface area contributed by atoms with E-state index in [-0.39, 0.29) is 19.1 Å². The molecule has 0 radical (unpaired) electrons. The normalized spacial score (nSPS) is 14.5. The highest BCUT2D eigenvalue weighted by Crippen LogP contribution is 2.43. The van der Waals surface area contributed by atoms with Crippen LogP contribution in [0.2, 0.25) is 0 Å². The second-order valence-electron chi connectivity index (χ2n) is 17.8.